The van der Waals surface area contributed by atoms with E-state index in [0.717, 1.165) is 36.8 Å². The van der Waals surface area contributed by atoms with Gasteiger partial charge in [-0.15, -0.1) is 0 Å². The van der Waals surface area contributed by atoms with Crippen LogP contribution in [-0.4, -0.2) is 12.1 Å². The second-order valence-corrected chi connectivity index (χ2v) is 9.72. The summed E-state index contributed by atoms with van der Waals surface area (Å²) in [6.45, 7) is 2.19. The van der Waals surface area contributed by atoms with Crippen LogP contribution in [0.5, 0.6) is 5.75 Å². The van der Waals surface area contributed by atoms with Crippen LogP contribution in [-0.2, 0) is 4.79 Å². The second kappa shape index (κ2) is 10.1. The van der Waals surface area contributed by atoms with Crippen molar-refractivity contribution < 1.29 is 35.9 Å². The van der Waals surface area contributed by atoms with Crippen molar-refractivity contribution in [2.24, 2.45) is 23.7 Å². The predicted octanol–water partition coefficient (Wildman–Crippen LogP) is 7.71. The lowest BCUT2D eigenvalue weighted by atomic mass is 9.64. The van der Waals surface area contributed by atoms with E-state index in [1.165, 1.54) is 31.6 Å². The predicted molar refractivity (Wildman–Crippen MR) is 119 cm³/mol. The van der Waals surface area contributed by atoms with Gasteiger partial charge in [-0.3, -0.25) is 4.79 Å². The number of ether oxygens (including phenoxy) is 1. The summed E-state index contributed by atoms with van der Waals surface area (Å²) in [7, 11) is 0. The molecule has 4 unspecified atom stereocenters. The van der Waals surface area contributed by atoms with Gasteiger partial charge in [-0.05, 0) is 67.4 Å². The SMILES string of the molecule is CCCC1CCC2CC(C(=O)Oc3cc(F)c4c(F)c(C#CC(F)(F)F)c(F)cc4c3)CCC2C1. The highest BCUT2D eigenvalue weighted by molar-refractivity contribution is 5.87. The third kappa shape index (κ3) is 5.76. The monoisotopic (exact) mass is 496 g/mol. The maximum absolute atomic E-state index is 14.7. The first-order chi connectivity index (χ1) is 16.6. The van der Waals surface area contributed by atoms with E-state index >= 15 is 0 Å². The Bertz CT molecular complexity index is 1180. The standard InChI is InChI=1S/C27H26F6O2/c1-2-3-15-4-5-17-11-18(7-6-16(17)10-15)26(34)35-20-12-19-13-22(28)21(8-9-27(31,32)33)25(30)24(19)23(29)14-20/h12-18H,2-7,10-11H2,1H3. The van der Waals surface area contributed by atoms with Crippen LogP contribution in [0, 0.1) is 53.0 Å². The topological polar surface area (TPSA) is 26.3 Å². The Labute approximate surface area is 200 Å². The molecule has 0 radical (unpaired) electrons. The summed E-state index contributed by atoms with van der Waals surface area (Å²) in [6.07, 6.45) is 3.23. The average Bonchev–Trinajstić information content (AvgIpc) is 2.77. The van der Waals surface area contributed by atoms with E-state index in [1.54, 1.807) is 0 Å². The van der Waals surface area contributed by atoms with Gasteiger partial charge in [0.25, 0.3) is 0 Å². The minimum atomic E-state index is -4.96. The molecule has 0 heterocycles. The molecular formula is C27H26F6O2. The van der Waals surface area contributed by atoms with Gasteiger partial charge < -0.3 is 4.74 Å². The highest BCUT2D eigenvalue weighted by atomic mass is 19.4. The number of esters is 1. The molecule has 2 aromatic rings. The lowest BCUT2D eigenvalue weighted by molar-refractivity contribution is -0.141. The lowest BCUT2D eigenvalue weighted by Crippen LogP contribution is -2.35. The van der Waals surface area contributed by atoms with Gasteiger partial charge in [0.05, 0.1) is 16.9 Å². The van der Waals surface area contributed by atoms with Crippen molar-refractivity contribution >= 4 is 16.7 Å². The first-order valence-electron chi connectivity index (χ1n) is 12.0. The van der Waals surface area contributed by atoms with Gasteiger partial charge in [-0.2, -0.15) is 13.2 Å². The van der Waals surface area contributed by atoms with Crippen LogP contribution in [0.1, 0.15) is 63.9 Å². The molecule has 2 aliphatic carbocycles. The van der Waals surface area contributed by atoms with E-state index in [9.17, 15) is 31.1 Å². The molecule has 4 rings (SSSR count). The van der Waals surface area contributed by atoms with Gasteiger partial charge in [0, 0.05) is 12.0 Å². The number of alkyl halides is 3. The lowest BCUT2D eigenvalue weighted by Gasteiger charge is -2.41. The van der Waals surface area contributed by atoms with Crippen LogP contribution < -0.4 is 4.74 Å². The second-order valence-electron chi connectivity index (χ2n) is 9.72. The molecule has 0 bridgehead atoms. The van der Waals surface area contributed by atoms with E-state index in [0.29, 0.717) is 30.7 Å². The highest BCUT2D eigenvalue weighted by Gasteiger charge is 2.38. The minimum Gasteiger partial charge on any atom is -0.426 e. The molecule has 2 aliphatic rings. The molecule has 8 heteroatoms. The van der Waals surface area contributed by atoms with Crippen molar-refractivity contribution in [2.75, 3.05) is 0 Å². The van der Waals surface area contributed by atoms with Gasteiger partial charge >= 0.3 is 12.1 Å². The number of carbonyl (C=O) groups excluding carboxylic acids is 1. The van der Waals surface area contributed by atoms with Crippen LogP contribution in [0.3, 0.4) is 0 Å². The van der Waals surface area contributed by atoms with Crippen molar-refractivity contribution in [2.45, 2.75) is 64.5 Å². The van der Waals surface area contributed by atoms with Crippen molar-refractivity contribution in [1.29, 1.82) is 0 Å². The first-order valence-corrected chi connectivity index (χ1v) is 12.0. The molecule has 0 amide bonds. The molecule has 0 N–H and O–H groups in total. The van der Waals surface area contributed by atoms with E-state index in [4.69, 9.17) is 4.74 Å². The molecule has 2 saturated carbocycles. The number of rotatable bonds is 4. The van der Waals surface area contributed by atoms with E-state index < -0.39 is 40.5 Å². The van der Waals surface area contributed by atoms with Gasteiger partial charge in [-0.1, -0.05) is 32.1 Å². The molecular weight excluding hydrogens is 470 g/mol. The quantitative estimate of drug-likeness (QED) is 0.188. The Balaban J connectivity index is 1.50. The van der Waals surface area contributed by atoms with E-state index in [1.807, 2.05) is 0 Å². The molecule has 2 aromatic carbocycles. The van der Waals surface area contributed by atoms with Gasteiger partial charge in [-0.25, -0.2) is 13.2 Å². The zero-order valence-electron chi connectivity index (χ0n) is 19.3. The fourth-order valence-corrected chi connectivity index (χ4v) is 5.76. The maximum Gasteiger partial charge on any atom is 0.458 e. The molecule has 188 valence electrons. The Kier molecular flexibility index (Phi) is 7.35. The summed E-state index contributed by atoms with van der Waals surface area (Å²) < 4.78 is 85.9. The van der Waals surface area contributed by atoms with Crippen molar-refractivity contribution in [1.82, 2.24) is 0 Å². The zero-order chi connectivity index (χ0) is 25.3. The molecule has 35 heavy (non-hydrogen) atoms. The van der Waals surface area contributed by atoms with Crippen LogP contribution >= 0.6 is 0 Å². The smallest absolute Gasteiger partial charge is 0.426 e. The maximum atomic E-state index is 14.7. The number of benzene rings is 2. The van der Waals surface area contributed by atoms with Gasteiger partial charge in [0.1, 0.15) is 17.4 Å². The Morgan fingerprint density at radius 3 is 2.43 bits per heavy atom. The summed E-state index contributed by atoms with van der Waals surface area (Å²) in [5, 5.41) is -1.000. The van der Waals surface area contributed by atoms with Crippen LogP contribution in [0.4, 0.5) is 26.3 Å². The van der Waals surface area contributed by atoms with Gasteiger partial charge in [0.15, 0.2) is 5.82 Å². The third-order valence-corrected chi connectivity index (χ3v) is 7.35. The molecule has 2 fully saturated rings. The Hall–Kier alpha value is -2.69. The highest BCUT2D eigenvalue weighted by Crippen LogP contribution is 2.46. The number of halogens is 6. The number of hydrogen-bond donors (Lipinski definition) is 0. The van der Waals surface area contributed by atoms with Gasteiger partial charge in [0.2, 0.25) is 0 Å². The summed E-state index contributed by atoms with van der Waals surface area (Å²) in [5.74, 6) is -1.13. The van der Waals surface area contributed by atoms with E-state index in [-0.39, 0.29) is 17.1 Å². The molecule has 0 aromatic heterocycles. The zero-order valence-corrected chi connectivity index (χ0v) is 19.3. The minimum absolute atomic E-state index is 0.207. The molecule has 4 atom stereocenters. The molecule has 0 aliphatic heterocycles. The summed E-state index contributed by atoms with van der Waals surface area (Å²) in [6, 6.07) is 2.56. The van der Waals surface area contributed by atoms with Crippen molar-refractivity contribution in [3.8, 4) is 17.6 Å². The van der Waals surface area contributed by atoms with Crippen molar-refractivity contribution in [3.63, 3.8) is 0 Å². The van der Waals surface area contributed by atoms with Crippen LogP contribution in [0.25, 0.3) is 10.8 Å². The van der Waals surface area contributed by atoms with E-state index in [2.05, 4.69) is 6.92 Å². The largest absolute Gasteiger partial charge is 0.458 e. The number of carbonyl (C=O) groups is 1. The molecule has 0 spiro atoms. The number of fused-ring (bicyclic) bond motifs is 2. The summed E-state index contributed by atoms with van der Waals surface area (Å²) in [5.41, 5.74) is -1.18. The fourth-order valence-electron chi connectivity index (χ4n) is 5.76. The third-order valence-electron chi connectivity index (χ3n) is 7.35. The fraction of sp³-hybridized carbons (Fsp3) is 0.519. The molecule has 0 saturated heterocycles. The normalized spacial score (nSPS) is 24.4. The van der Waals surface area contributed by atoms with Crippen LogP contribution in [0.15, 0.2) is 18.2 Å². The molecule has 2 nitrogen and oxygen atoms in total. The van der Waals surface area contributed by atoms with Crippen LogP contribution in [0.2, 0.25) is 0 Å². The Morgan fingerprint density at radius 1 is 1.00 bits per heavy atom. The number of hydrogen-bond acceptors (Lipinski definition) is 2. The van der Waals surface area contributed by atoms with Crippen molar-refractivity contribution in [3.05, 3.63) is 41.2 Å². The Morgan fingerprint density at radius 2 is 1.71 bits per heavy atom. The average molecular weight is 496 g/mol. The first kappa shape index (κ1) is 25.4. The summed E-state index contributed by atoms with van der Waals surface area (Å²) >= 11 is 0. The summed E-state index contributed by atoms with van der Waals surface area (Å²) in [4.78, 5) is 12.8.